The molecule has 0 fully saturated rings. The highest BCUT2D eigenvalue weighted by Crippen LogP contribution is 2.34. The molecule has 3 N–H and O–H groups in total. The first-order valence-electron chi connectivity index (χ1n) is 11.4. The number of amides is 2. The predicted octanol–water partition coefficient (Wildman–Crippen LogP) is 3.90. The minimum absolute atomic E-state index is 0.0455. The highest BCUT2D eigenvalue weighted by atomic mass is 35.5. The van der Waals surface area contributed by atoms with Gasteiger partial charge in [0.1, 0.15) is 23.4 Å². The number of nitrogens with one attached hydrogen (secondary N) is 3. The summed E-state index contributed by atoms with van der Waals surface area (Å²) in [5.74, 6) is -2.75. The van der Waals surface area contributed by atoms with E-state index in [9.17, 15) is 18.4 Å². The minimum atomic E-state index is -1.06. The van der Waals surface area contributed by atoms with Crippen LogP contribution in [-0.2, 0) is 16.0 Å². The van der Waals surface area contributed by atoms with Crippen LogP contribution in [0.25, 0.3) is 0 Å². The molecule has 2 aromatic rings. The summed E-state index contributed by atoms with van der Waals surface area (Å²) in [6.07, 6.45) is 0.511. The van der Waals surface area contributed by atoms with Crippen molar-refractivity contribution in [1.82, 2.24) is 15.5 Å². The maximum Gasteiger partial charge on any atom is 0.251 e. The normalized spacial score (nSPS) is 17.3. The van der Waals surface area contributed by atoms with Crippen LogP contribution in [-0.4, -0.2) is 48.9 Å². The Morgan fingerprint density at radius 1 is 1.15 bits per heavy atom. The van der Waals surface area contributed by atoms with Crippen molar-refractivity contribution in [3.8, 4) is 0 Å². The van der Waals surface area contributed by atoms with Crippen LogP contribution in [0.15, 0.2) is 36.4 Å². The summed E-state index contributed by atoms with van der Waals surface area (Å²) in [7, 11) is 1.84. The average molecular weight is 493 g/mol. The molecule has 6 nitrogen and oxygen atoms in total. The van der Waals surface area contributed by atoms with Gasteiger partial charge in [0, 0.05) is 24.2 Å². The highest BCUT2D eigenvalue weighted by molar-refractivity contribution is 6.30. The molecule has 2 amide bonds. The van der Waals surface area contributed by atoms with Crippen molar-refractivity contribution < 1.29 is 18.4 Å². The third-order valence-corrected chi connectivity index (χ3v) is 6.38. The maximum absolute atomic E-state index is 14.3. The number of halogens is 3. The number of benzene rings is 2. The van der Waals surface area contributed by atoms with E-state index in [1.54, 1.807) is 18.2 Å². The van der Waals surface area contributed by atoms with Crippen molar-refractivity contribution in [3.63, 3.8) is 0 Å². The fourth-order valence-corrected chi connectivity index (χ4v) is 4.31. The Morgan fingerprint density at radius 3 is 2.44 bits per heavy atom. The van der Waals surface area contributed by atoms with Crippen LogP contribution in [0.3, 0.4) is 0 Å². The molecule has 0 aromatic heterocycles. The second-order valence-corrected chi connectivity index (χ2v) is 9.37. The van der Waals surface area contributed by atoms with Crippen LogP contribution in [0.1, 0.15) is 37.9 Å². The lowest BCUT2D eigenvalue weighted by Gasteiger charge is -2.39. The first kappa shape index (κ1) is 26.1. The molecule has 1 unspecified atom stereocenters. The number of likely N-dealkylation sites (N-methyl/N-ethyl adjacent to an activating group) is 1. The van der Waals surface area contributed by atoms with Gasteiger partial charge in [-0.15, -0.1) is 0 Å². The summed E-state index contributed by atoms with van der Waals surface area (Å²) in [6.45, 7) is 6.69. The van der Waals surface area contributed by atoms with Crippen LogP contribution < -0.4 is 16.0 Å². The number of rotatable bonds is 8. The van der Waals surface area contributed by atoms with Gasteiger partial charge in [0.2, 0.25) is 5.91 Å². The zero-order valence-corrected chi connectivity index (χ0v) is 20.5. The molecule has 9 heteroatoms. The van der Waals surface area contributed by atoms with Crippen LogP contribution >= 0.6 is 11.6 Å². The van der Waals surface area contributed by atoms with E-state index in [0.29, 0.717) is 23.6 Å². The van der Waals surface area contributed by atoms with Gasteiger partial charge >= 0.3 is 0 Å². The van der Waals surface area contributed by atoms with Gasteiger partial charge in [-0.25, -0.2) is 8.78 Å². The Bertz CT molecular complexity index is 1030. The Hall–Kier alpha value is -2.55. The summed E-state index contributed by atoms with van der Waals surface area (Å²) >= 11 is 6.15. The van der Waals surface area contributed by atoms with Gasteiger partial charge in [-0.2, -0.15) is 0 Å². The molecule has 0 radical (unpaired) electrons. The monoisotopic (exact) mass is 492 g/mol. The summed E-state index contributed by atoms with van der Waals surface area (Å²) < 4.78 is 28.5. The Morgan fingerprint density at radius 2 is 1.82 bits per heavy atom. The maximum atomic E-state index is 14.3. The van der Waals surface area contributed by atoms with Crippen LogP contribution in [0, 0.1) is 17.6 Å². The van der Waals surface area contributed by atoms with Gasteiger partial charge in [-0.3, -0.25) is 9.59 Å². The SMILES string of the molecule is CN[C@@H](C)CN[C@H](C(=O)N1CCc2cc(Cl)ccc2C1C(=O)Nc1c(F)cccc1F)C(C)C. The molecule has 34 heavy (non-hydrogen) atoms. The number of hydrogen-bond donors (Lipinski definition) is 3. The van der Waals surface area contributed by atoms with Gasteiger partial charge in [0.25, 0.3) is 5.91 Å². The van der Waals surface area contributed by atoms with Crippen molar-refractivity contribution in [2.75, 3.05) is 25.5 Å². The number of para-hydroxylation sites is 1. The molecule has 0 aliphatic carbocycles. The fourth-order valence-electron chi connectivity index (χ4n) is 4.12. The molecular formula is C25H31ClF2N4O2. The molecule has 0 spiro atoms. The lowest BCUT2D eigenvalue weighted by molar-refractivity contribution is -0.142. The topological polar surface area (TPSA) is 73.5 Å². The molecule has 184 valence electrons. The van der Waals surface area contributed by atoms with Crippen molar-refractivity contribution >= 4 is 29.1 Å². The molecule has 1 aliphatic heterocycles. The average Bonchev–Trinajstić information content (AvgIpc) is 2.80. The van der Waals surface area contributed by atoms with E-state index in [1.165, 1.54) is 11.0 Å². The number of carbonyl (C=O) groups is 2. The Labute approximate surface area is 204 Å². The van der Waals surface area contributed by atoms with Crippen molar-refractivity contribution in [2.24, 2.45) is 5.92 Å². The van der Waals surface area contributed by atoms with Crippen LogP contribution in [0.4, 0.5) is 14.5 Å². The highest BCUT2D eigenvalue weighted by Gasteiger charge is 2.39. The summed E-state index contributed by atoms with van der Waals surface area (Å²) in [5, 5.41) is 9.31. The standard InChI is InChI=1S/C25H31ClF2N4O2/c1-14(2)21(30-13-15(3)29-4)25(34)32-11-10-16-12-17(26)8-9-18(16)23(32)24(33)31-22-19(27)6-5-7-20(22)28/h5-9,12,14-15,21,23,29-30H,10-11,13H2,1-4H3,(H,31,33)/t15-,21-,23?/m0/s1. The number of carbonyl (C=O) groups excluding carboxylic acids is 2. The van der Waals surface area contributed by atoms with Crippen LogP contribution in [0.2, 0.25) is 5.02 Å². The molecule has 0 saturated carbocycles. The third kappa shape index (κ3) is 5.74. The van der Waals surface area contributed by atoms with Crippen molar-refractivity contribution in [2.45, 2.75) is 45.3 Å². The fraction of sp³-hybridized carbons (Fsp3) is 0.440. The molecule has 1 aliphatic rings. The van der Waals surface area contributed by atoms with Crippen molar-refractivity contribution in [1.29, 1.82) is 0 Å². The molecule has 3 rings (SSSR count). The van der Waals surface area contributed by atoms with E-state index < -0.39 is 35.3 Å². The lowest BCUT2D eigenvalue weighted by atomic mass is 9.90. The van der Waals surface area contributed by atoms with Crippen molar-refractivity contribution in [3.05, 3.63) is 64.2 Å². The Kier molecular flexibility index (Phi) is 8.62. The predicted molar refractivity (Wildman–Crippen MR) is 130 cm³/mol. The molecular weight excluding hydrogens is 462 g/mol. The second kappa shape index (κ2) is 11.3. The number of fused-ring (bicyclic) bond motifs is 1. The molecule has 0 bridgehead atoms. The largest absolute Gasteiger partial charge is 0.325 e. The first-order chi connectivity index (χ1) is 16.1. The summed E-state index contributed by atoms with van der Waals surface area (Å²) in [5.41, 5.74) is 0.871. The third-order valence-electron chi connectivity index (χ3n) is 6.15. The van der Waals surface area contributed by atoms with Gasteiger partial charge in [-0.1, -0.05) is 37.6 Å². The zero-order valence-electron chi connectivity index (χ0n) is 19.8. The zero-order chi connectivity index (χ0) is 25.0. The van der Waals surface area contributed by atoms with E-state index >= 15 is 0 Å². The second-order valence-electron chi connectivity index (χ2n) is 8.93. The quantitative estimate of drug-likeness (QED) is 0.522. The Balaban J connectivity index is 1.97. The molecule has 0 saturated heterocycles. The molecule has 2 aromatic carbocycles. The number of anilines is 1. The van der Waals surface area contributed by atoms with E-state index in [1.807, 2.05) is 27.8 Å². The smallest absolute Gasteiger partial charge is 0.251 e. The van der Waals surface area contributed by atoms with Crippen LogP contribution in [0.5, 0.6) is 0 Å². The van der Waals surface area contributed by atoms with Gasteiger partial charge in [-0.05, 0) is 61.7 Å². The lowest BCUT2D eigenvalue weighted by Crippen LogP contribution is -2.55. The van der Waals surface area contributed by atoms with E-state index in [2.05, 4.69) is 16.0 Å². The van der Waals surface area contributed by atoms with Gasteiger partial charge in [0.05, 0.1) is 6.04 Å². The summed E-state index contributed by atoms with van der Waals surface area (Å²) in [6, 6.07) is 7.00. The number of hydrogen-bond acceptors (Lipinski definition) is 4. The van der Waals surface area contributed by atoms with Gasteiger partial charge in [0.15, 0.2) is 0 Å². The van der Waals surface area contributed by atoms with E-state index in [4.69, 9.17) is 11.6 Å². The molecule has 1 heterocycles. The molecule has 3 atom stereocenters. The number of nitrogens with zero attached hydrogens (tertiary/aromatic N) is 1. The van der Waals surface area contributed by atoms with E-state index in [-0.39, 0.29) is 24.4 Å². The first-order valence-corrected chi connectivity index (χ1v) is 11.8. The minimum Gasteiger partial charge on any atom is -0.325 e. The van der Waals surface area contributed by atoms with E-state index in [0.717, 1.165) is 17.7 Å². The van der Waals surface area contributed by atoms with Gasteiger partial charge < -0.3 is 20.9 Å². The summed E-state index contributed by atoms with van der Waals surface area (Å²) in [4.78, 5) is 28.6.